The Hall–Kier alpha value is -0.870. The fourth-order valence-corrected chi connectivity index (χ4v) is 2.66. The third kappa shape index (κ3) is 4.32. The van der Waals surface area contributed by atoms with Crippen molar-refractivity contribution in [1.29, 1.82) is 0 Å². The highest BCUT2D eigenvalue weighted by molar-refractivity contribution is 7.98. The Bertz CT molecular complexity index is 439. The van der Waals surface area contributed by atoms with Gasteiger partial charge >= 0.3 is 0 Å². The molecular formula is C14H21ClN2OS. The number of benzene rings is 1. The van der Waals surface area contributed by atoms with Crippen molar-refractivity contribution in [3.63, 3.8) is 0 Å². The molecular weight excluding hydrogens is 280 g/mol. The van der Waals surface area contributed by atoms with Crippen LogP contribution in [0.25, 0.3) is 0 Å². The summed E-state index contributed by atoms with van der Waals surface area (Å²) < 4.78 is 0. The lowest BCUT2D eigenvalue weighted by Gasteiger charge is -2.25. The van der Waals surface area contributed by atoms with Crippen LogP contribution in [0.1, 0.15) is 24.2 Å². The molecule has 1 N–H and O–H groups in total. The Balaban J connectivity index is 3.00. The molecule has 0 fully saturated rings. The highest BCUT2D eigenvalue weighted by atomic mass is 35.5. The molecule has 1 atom stereocenters. The van der Waals surface area contributed by atoms with Crippen molar-refractivity contribution in [3.05, 3.63) is 28.8 Å². The zero-order valence-corrected chi connectivity index (χ0v) is 13.4. The van der Waals surface area contributed by atoms with Gasteiger partial charge in [-0.2, -0.15) is 11.8 Å². The van der Waals surface area contributed by atoms with Crippen LogP contribution in [0.4, 0.5) is 5.69 Å². The number of hydrogen-bond donors (Lipinski definition) is 1. The Morgan fingerprint density at radius 2 is 2.21 bits per heavy atom. The molecule has 0 aliphatic heterocycles. The van der Waals surface area contributed by atoms with Gasteiger partial charge in [-0.3, -0.25) is 4.79 Å². The molecule has 1 amide bonds. The molecule has 1 unspecified atom stereocenters. The molecule has 1 aromatic rings. The lowest BCUT2D eigenvalue weighted by molar-refractivity contribution is 0.0758. The fourth-order valence-electron chi connectivity index (χ4n) is 1.78. The highest BCUT2D eigenvalue weighted by Crippen LogP contribution is 2.23. The van der Waals surface area contributed by atoms with E-state index in [-0.39, 0.29) is 11.9 Å². The summed E-state index contributed by atoms with van der Waals surface area (Å²) in [6.07, 6.45) is 2.04. The molecule has 0 saturated heterocycles. The zero-order valence-electron chi connectivity index (χ0n) is 11.9. The van der Waals surface area contributed by atoms with Crippen LogP contribution in [-0.4, -0.2) is 42.4 Å². The van der Waals surface area contributed by atoms with Crippen LogP contribution >= 0.6 is 23.4 Å². The number of rotatable bonds is 6. The monoisotopic (exact) mass is 300 g/mol. The smallest absolute Gasteiger partial charge is 0.256 e. The third-order valence-electron chi connectivity index (χ3n) is 2.97. The first kappa shape index (κ1) is 16.2. The maximum Gasteiger partial charge on any atom is 0.256 e. The standard InChI is InChI=1S/C14H21ClN2OS/c1-5-16-13-7-6-11(15)8-12(13)14(18)17(3)10(2)9-19-4/h6-8,10,16H,5,9H2,1-4H3. The lowest BCUT2D eigenvalue weighted by Crippen LogP contribution is -2.37. The Morgan fingerprint density at radius 3 is 2.79 bits per heavy atom. The number of anilines is 1. The van der Waals surface area contributed by atoms with Crippen molar-refractivity contribution in [3.8, 4) is 0 Å². The average Bonchev–Trinajstić information content (AvgIpc) is 2.39. The van der Waals surface area contributed by atoms with Crippen molar-refractivity contribution in [1.82, 2.24) is 4.90 Å². The van der Waals surface area contributed by atoms with Crippen LogP contribution < -0.4 is 5.32 Å². The Kier molecular flexibility index (Phi) is 6.52. The number of amides is 1. The number of hydrogen-bond acceptors (Lipinski definition) is 3. The molecule has 19 heavy (non-hydrogen) atoms. The van der Waals surface area contributed by atoms with Crippen LogP contribution in [0.3, 0.4) is 0 Å². The second kappa shape index (κ2) is 7.65. The second-order valence-corrected chi connectivity index (χ2v) is 5.79. The van der Waals surface area contributed by atoms with Crippen molar-refractivity contribution in [2.24, 2.45) is 0 Å². The minimum atomic E-state index is 0.000000000000000444. The van der Waals surface area contributed by atoms with Gasteiger partial charge in [-0.05, 0) is 38.3 Å². The highest BCUT2D eigenvalue weighted by Gasteiger charge is 2.20. The molecule has 0 heterocycles. The number of carbonyl (C=O) groups excluding carboxylic acids is 1. The molecule has 0 saturated carbocycles. The van der Waals surface area contributed by atoms with Gasteiger partial charge < -0.3 is 10.2 Å². The van der Waals surface area contributed by atoms with Crippen LogP contribution in [0.5, 0.6) is 0 Å². The van der Waals surface area contributed by atoms with E-state index in [2.05, 4.69) is 5.32 Å². The van der Waals surface area contributed by atoms with Gasteiger partial charge in [0.2, 0.25) is 0 Å². The van der Waals surface area contributed by atoms with Gasteiger partial charge in [0.1, 0.15) is 0 Å². The molecule has 0 aliphatic rings. The first-order chi connectivity index (χ1) is 9.01. The van der Waals surface area contributed by atoms with Crippen molar-refractivity contribution >= 4 is 35.0 Å². The first-order valence-corrected chi connectivity index (χ1v) is 8.08. The van der Waals surface area contributed by atoms with E-state index in [1.54, 1.807) is 28.8 Å². The molecule has 3 nitrogen and oxygen atoms in total. The van der Waals surface area contributed by atoms with Gasteiger partial charge in [0, 0.05) is 36.1 Å². The second-order valence-electron chi connectivity index (χ2n) is 4.44. The van der Waals surface area contributed by atoms with Crippen LogP contribution in [-0.2, 0) is 0 Å². The summed E-state index contributed by atoms with van der Waals surface area (Å²) in [5, 5.41) is 3.78. The topological polar surface area (TPSA) is 32.3 Å². The summed E-state index contributed by atoms with van der Waals surface area (Å²) in [6, 6.07) is 5.56. The maximum atomic E-state index is 12.5. The van der Waals surface area contributed by atoms with E-state index < -0.39 is 0 Å². The van der Waals surface area contributed by atoms with Crippen molar-refractivity contribution in [2.45, 2.75) is 19.9 Å². The molecule has 0 aromatic heterocycles. The molecule has 0 aliphatic carbocycles. The van der Waals surface area contributed by atoms with Gasteiger partial charge in [-0.25, -0.2) is 0 Å². The van der Waals surface area contributed by atoms with Gasteiger partial charge in [-0.1, -0.05) is 11.6 Å². The van der Waals surface area contributed by atoms with Crippen LogP contribution in [0.2, 0.25) is 5.02 Å². The number of nitrogens with one attached hydrogen (secondary N) is 1. The minimum Gasteiger partial charge on any atom is -0.385 e. The van der Waals surface area contributed by atoms with Gasteiger partial charge in [0.05, 0.1) is 5.56 Å². The first-order valence-electron chi connectivity index (χ1n) is 6.30. The third-order valence-corrected chi connectivity index (χ3v) is 4.02. The number of thioether (sulfide) groups is 1. The molecule has 0 bridgehead atoms. The quantitative estimate of drug-likeness (QED) is 0.871. The SMILES string of the molecule is CCNc1ccc(Cl)cc1C(=O)N(C)C(C)CSC. The summed E-state index contributed by atoms with van der Waals surface area (Å²) in [7, 11) is 1.83. The summed E-state index contributed by atoms with van der Waals surface area (Å²) in [5.74, 6) is 0.916. The largest absolute Gasteiger partial charge is 0.385 e. The molecule has 106 valence electrons. The average molecular weight is 301 g/mol. The summed E-state index contributed by atoms with van der Waals surface area (Å²) >= 11 is 7.74. The lowest BCUT2D eigenvalue weighted by atomic mass is 10.1. The molecule has 0 spiro atoms. The number of carbonyl (C=O) groups is 1. The molecule has 0 radical (unpaired) electrons. The minimum absolute atomic E-state index is 0.000000000000000444. The van der Waals surface area contributed by atoms with Gasteiger partial charge in [-0.15, -0.1) is 0 Å². The molecule has 1 rings (SSSR count). The normalized spacial score (nSPS) is 12.1. The van der Waals surface area contributed by atoms with Gasteiger partial charge in [0.15, 0.2) is 0 Å². The zero-order chi connectivity index (χ0) is 14.4. The van der Waals surface area contributed by atoms with Crippen molar-refractivity contribution < 1.29 is 4.79 Å². The van der Waals surface area contributed by atoms with Crippen molar-refractivity contribution in [2.75, 3.05) is 30.9 Å². The fraction of sp³-hybridized carbons (Fsp3) is 0.500. The van der Waals surface area contributed by atoms with Crippen LogP contribution in [0, 0.1) is 0 Å². The van der Waals surface area contributed by atoms with E-state index in [0.717, 1.165) is 18.0 Å². The Labute approximate surface area is 124 Å². The predicted octanol–water partition coefficient (Wildman–Crippen LogP) is 3.60. The van der Waals surface area contributed by atoms with E-state index in [0.29, 0.717) is 10.6 Å². The number of nitrogens with zero attached hydrogens (tertiary/aromatic N) is 1. The van der Waals surface area contributed by atoms with Gasteiger partial charge in [0.25, 0.3) is 5.91 Å². The predicted molar refractivity (Wildman–Crippen MR) is 85.6 cm³/mol. The molecule has 5 heteroatoms. The number of halogens is 1. The summed E-state index contributed by atoms with van der Waals surface area (Å²) in [4.78, 5) is 14.3. The summed E-state index contributed by atoms with van der Waals surface area (Å²) in [5.41, 5.74) is 1.46. The van der Waals surface area contributed by atoms with E-state index >= 15 is 0 Å². The summed E-state index contributed by atoms with van der Waals surface area (Å²) in [6.45, 7) is 4.82. The van der Waals surface area contributed by atoms with E-state index in [1.165, 1.54) is 0 Å². The van der Waals surface area contributed by atoms with E-state index in [9.17, 15) is 4.79 Å². The van der Waals surface area contributed by atoms with Crippen LogP contribution in [0.15, 0.2) is 18.2 Å². The van der Waals surface area contributed by atoms with E-state index in [4.69, 9.17) is 11.6 Å². The molecule has 1 aromatic carbocycles. The Morgan fingerprint density at radius 1 is 1.53 bits per heavy atom. The maximum absolute atomic E-state index is 12.5. The van der Waals surface area contributed by atoms with E-state index in [1.807, 2.05) is 33.2 Å².